The smallest absolute Gasteiger partial charge is 0.326 e. The molecule has 0 fully saturated rings. The first-order chi connectivity index (χ1) is 12.9. The summed E-state index contributed by atoms with van der Waals surface area (Å²) >= 11 is 0. The lowest BCUT2D eigenvalue weighted by Gasteiger charge is -2.24. The zero-order valence-electron chi connectivity index (χ0n) is 16.0. The Bertz CT molecular complexity index is 595. The minimum atomic E-state index is -1.66. The average Bonchev–Trinajstić information content (AvgIpc) is 2.61. The standard InChI is InChI=1S/C16H28N4O8/c1-4-7(2)12(17)14(25)20-13(8(3)21)15(26)18-6-10(22)19-9(16(27)28)5-11(23)24/h7-9,12-13,21H,4-6,17H2,1-3H3,(H,18,26)(H,19,22)(H,20,25)(H,23,24)(H,27,28). The molecule has 0 aliphatic rings. The Morgan fingerprint density at radius 3 is 2.00 bits per heavy atom. The van der Waals surface area contributed by atoms with E-state index in [-0.39, 0.29) is 5.92 Å². The fourth-order valence-electron chi connectivity index (χ4n) is 2.06. The number of carboxylic acids is 2. The number of aliphatic hydroxyl groups excluding tert-OH is 1. The number of carboxylic acid groups (broad SMARTS) is 2. The molecule has 0 saturated heterocycles. The molecule has 0 aliphatic carbocycles. The van der Waals surface area contributed by atoms with Crippen molar-refractivity contribution in [2.24, 2.45) is 11.7 Å². The summed E-state index contributed by atoms with van der Waals surface area (Å²) in [6.07, 6.45) is -1.51. The van der Waals surface area contributed by atoms with Crippen molar-refractivity contribution in [3.8, 4) is 0 Å². The summed E-state index contributed by atoms with van der Waals surface area (Å²) in [5, 5.41) is 33.6. The highest BCUT2D eigenvalue weighted by Gasteiger charge is 2.30. The summed E-state index contributed by atoms with van der Waals surface area (Å²) < 4.78 is 0. The lowest BCUT2D eigenvalue weighted by Crippen LogP contribution is -2.58. The van der Waals surface area contributed by atoms with Gasteiger partial charge in [-0.1, -0.05) is 20.3 Å². The molecule has 5 atom stereocenters. The predicted octanol–water partition coefficient (Wildman–Crippen LogP) is -2.61. The number of aliphatic hydroxyl groups is 1. The highest BCUT2D eigenvalue weighted by atomic mass is 16.4. The van der Waals surface area contributed by atoms with Crippen LogP contribution in [0.2, 0.25) is 0 Å². The van der Waals surface area contributed by atoms with Crippen LogP contribution < -0.4 is 21.7 Å². The minimum Gasteiger partial charge on any atom is -0.481 e. The van der Waals surface area contributed by atoms with Crippen LogP contribution in [0.5, 0.6) is 0 Å². The molecule has 0 spiro atoms. The maximum absolute atomic E-state index is 12.2. The van der Waals surface area contributed by atoms with Crippen LogP contribution in [0, 0.1) is 5.92 Å². The Balaban J connectivity index is 4.81. The van der Waals surface area contributed by atoms with E-state index in [1.807, 2.05) is 12.2 Å². The van der Waals surface area contributed by atoms with Gasteiger partial charge in [0, 0.05) is 0 Å². The van der Waals surface area contributed by atoms with Crippen LogP contribution >= 0.6 is 0 Å². The number of aliphatic carboxylic acids is 2. The Morgan fingerprint density at radius 1 is 1.00 bits per heavy atom. The fraction of sp³-hybridized carbons (Fsp3) is 0.688. The van der Waals surface area contributed by atoms with Gasteiger partial charge in [0.25, 0.3) is 0 Å². The van der Waals surface area contributed by atoms with Crippen molar-refractivity contribution in [3.05, 3.63) is 0 Å². The quantitative estimate of drug-likeness (QED) is 0.181. The lowest BCUT2D eigenvalue weighted by atomic mass is 9.99. The normalized spacial score (nSPS) is 16.0. The molecule has 0 aliphatic heterocycles. The van der Waals surface area contributed by atoms with Gasteiger partial charge in [0.1, 0.15) is 12.1 Å². The van der Waals surface area contributed by atoms with Crippen LogP contribution in [0.4, 0.5) is 0 Å². The van der Waals surface area contributed by atoms with Crippen LogP contribution in [-0.4, -0.2) is 75.8 Å². The molecular formula is C16H28N4O8. The highest BCUT2D eigenvalue weighted by molar-refractivity contribution is 5.93. The highest BCUT2D eigenvalue weighted by Crippen LogP contribution is 2.06. The zero-order valence-corrected chi connectivity index (χ0v) is 16.0. The van der Waals surface area contributed by atoms with Gasteiger partial charge in [-0.05, 0) is 12.8 Å². The molecule has 0 aromatic rings. The van der Waals surface area contributed by atoms with E-state index >= 15 is 0 Å². The van der Waals surface area contributed by atoms with Crippen molar-refractivity contribution in [2.75, 3.05) is 6.54 Å². The maximum atomic E-state index is 12.2. The van der Waals surface area contributed by atoms with Gasteiger partial charge in [-0.15, -0.1) is 0 Å². The van der Waals surface area contributed by atoms with E-state index in [0.717, 1.165) is 0 Å². The summed E-state index contributed by atoms with van der Waals surface area (Å²) in [6, 6.07) is -3.94. The summed E-state index contributed by atoms with van der Waals surface area (Å²) in [6.45, 7) is 4.16. The molecule has 5 unspecified atom stereocenters. The first kappa shape index (κ1) is 25.3. The Kier molecular flexibility index (Phi) is 10.7. The van der Waals surface area contributed by atoms with E-state index in [1.54, 1.807) is 6.92 Å². The molecule has 0 aromatic carbocycles. The summed E-state index contributed by atoms with van der Waals surface area (Å²) in [4.78, 5) is 57.5. The minimum absolute atomic E-state index is 0.161. The Labute approximate surface area is 161 Å². The van der Waals surface area contributed by atoms with Crippen LogP contribution in [0.25, 0.3) is 0 Å². The average molecular weight is 404 g/mol. The van der Waals surface area contributed by atoms with Gasteiger partial charge in [-0.25, -0.2) is 4.79 Å². The zero-order chi connectivity index (χ0) is 22.0. The van der Waals surface area contributed by atoms with Crippen molar-refractivity contribution >= 4 is 29.7 Å². The monoisotopic (exact) mass is 404 g/mol. The van der Waals surface area contributed by atoms with Crippen molar-refractivity contribution in [1.29, 1.82) is 0 Å². The van der Waals surface area contributed by atoms with Gasteiger partial charge in [0.15, 0.2) is 0 Å². The van der Waals surface area contributed by atoms with E-state index < -0.39 is 66.9 Å². The third-order valence-electron chi connectivity index (χ3n) is 4.06. The Morgan fingerprint density at radius 2 is 1.57 bits per heavy atom. The van der Waals surface area contributed by atoms with Gasteiger partial charge in [0.05, 0.1) is 25.1 Å². The molecule has 3 amide bonds. The number of nitrogens with one attached hydrogen (secondary N) is 3. The van der Waals surface area contributed by atoms with Crippen molar-refractivity contribution in [2.45, 2.75) is 57.8 Å². The second-order valence-electron chi connectivity index (χ2n) is 6.41. The molecule has 0 radical (unpaired) electrons. The molecule has 160 valence electrons. The van der Waals surface area contributed by atoms with Crippen molar-refractivity contribution in [1.82, 2.24) is 16.0 Å². The topological polar surface area (TPSA) is 208 Å². The third kappa shape index (κ3) is 8.77. The van der Waals surface area contributed by atoms with Gasteiger partial charge in [-0.3, -0.25) is 19.2 Å². The molecule has 0 rings (SSSR count). The molecule has 0 aromatic heterocycles. The molecule has 12 nitrogen and oxygen atoms in total. The van der Waals surface area contributed by atoms with Gasteiger partial charge in [-0.2, -0.15) is 0 Å². The predicted molar refractivity (Wildman–Crippen MR) is 95.9 cm³/mol. The second kappa shape index (κ2) is 11.9. The number of nitrogens with two attached hydrogens (primary N) is 1. The largest absolute Gasteiger partial charge is 0.481 e. The van der Waals surface area contributed by atoms with Gasteiger partial charge >= 0.3 is 11.9 Å². The molecule has 0 bridgehead atoms. The van der Waals surface area contributed by atoms with Crippen LogP contribution in [0.1, 0.15) is 33.6 Å². The van der Waals surface area contributed by atoms with Gasteiger partial charge < -0.3 is 37.0 Å². The second-order valence-corrected chi connectivity index (χ2v) is 6.41. The fourth-order valence-corrected chi connectivity index (χ4v) is 2.06. The molecule has 12 heteroatoms. The number of hydrogen-bond acceptors (Lipinski definition) is 7. The summed E-state index contributed by atoms with van der Waals surface area (Å²) in [5.41, 5.74) is 5.77. The van der Waals surface area contributed by atoms with Crippen molar-refractivity contribution < 1.29 is 39.3 Å². The van der Waals surface area contributed by atoms with E-state index in [9.17, 15) is 29.1 Å². The van der Waals surface area contributed by atoms with E-state index in [2.05, 4.69) is 10.6 Å². The van der Waals surface area contributed by atoms with Gasteiger partial charge in [0.2, 0.25) is 17.7 Å². The van der Waals surface area contributed by atoms with Crippen molar-refractivity contribution in [3.63, 3.8) is 0 Å². The molecule has 0 heterocycles. The molecule has 8 N–H and O–H groups in total. The molecule has 0 saturated carbocycles. The molecule has 28 heavy (non-hydrogen) atoms. The van der Waals surface area contributed by atoms with E-state index in [0.29, 0.717) is 6.42 Å². The number of carbonyl (C=O) groups is 5. The number of amides is 3. The third-order valence-corrected chi connectivity index (χ3v) is 4.06. The summed E-state index contributed by atoms with van der Waals surface area (Å²) in [7, 11) is 0. The van der Waals surface area contributed by atoms with Crippen LogP contribution in [-0.2, 0) is 24.0 Å². The number of rotatable bonds is 12. The first-order valence-corrected chi connectivity index (χ1v) is 8.66. The van der Waals surface area contributed by atoms with Crippen LogP contribution in [0.3, 0.4) is 0 Å². The van der Waals surface area contributed by atoms with E-state index in [1.165, 1.54) is 6.92 Å². The SMILES string of the molecule is CCC(C)C(N)C(=O)NC(C(=O)NCC(=O)NC(CC(=O)O)C(=O)O)C(C)O. The maximum Gasteiger partial charge on any atom is 0.326 e. The number of carbonyl (C=O) groups excluding carboxylic acids is 3. The number of hydrogen-bond donors (Lipinski definition) is 7. The summed E-state index contributed by atoms with van der Waals surface area (Å²) in [5.74, 6) is -5.62. The lowest BCUT2D eigenvalue weighted by molar-refractivity contribution is -0.147. The van der Waals surface area contributed by atoms with Crippen LogP contribution in [0.15, 0.2) is 0 Å². The van der Waals surface area contributed by atoms with E-state index in [4.69, 9.17) is 15.9 Å². The molecular weight excluding hydrogens is 376 g/mol. The Hall–Kier alpha value is -2.73. The first-order valence-electron chi connectivity index (χ1n) is 8.66.